The second-order valence-electron chi connectivity index (χ2n) is 7.40. The molecule has 0 aliphatic heterocycles. The predicted octanol–water partition coefficient (Wildman–Crippen LogP) is 6.01. The van der Waals surface area contributed by atoms with Crippen molar-refractivity contribution in [1.29, 1.82) is 0 Å². The van der Waals surface area contributed by atoms with Gasteiger partial charge in [-0.05, 0) is 18.4 Å². The highest BCUT2D eigenvalue weighted by molar-refractivity contribution is 6.03. The Hall–Kier alpha value is -2.46. The lowest BCUT2D eigenvalue weighted by Gasteiger charge is -2.33. The van der Waals surface area contributed by atoms with E-state index in [1.807, 2.05) is 48.5 Å². The van der Waals surface area contributed by atoms with Crippen molar-refractivity contribution in [3.63, 3.8) is 0 Å². The molecule has 0 saturated carbocycles. The fraction of sp³-hybridized carbons (Fsp3) is 0.440. The molecule has 0 aromatic heterocycles. The first-order valence-corrected chi connectivity index (χ1v) is 10.6. The third kappa shape index (κ3) is 6.82. The maximum Gasteiger partial charge on any atom is 0.303 e. The summed E-state index contributed by atoms with van der Waals surface area (Å²) in [5.41, 5.74) is -0.0458. The van der Waals surface area contributed by atoms with E-state index in [-0.39, 0.29) is 18.6 Å². The molecule has 0 aliphatic carbocycles. The van der Waals surface area contributed by atoms with Crippen molar-refractivity contribution >= 4 is 11.8 Å². The molecule has 2 rings (SSSR count). The molecule has 4 heteroatoms. The van der Waals surface area contributed by atoms with Gasteiger partial charge in [-0.25, -0.2) is 0 Å². The fourth-order valence-corrected chi connectivity index (χ4v) is 3.55. The molecule has 0 spiro atoms. The quantitative estimate of drug-likeness (QED) is 0.314. The van der Waals surface area contributed by atoms with Crippen LogP contribution in [0.2, 0.25) is 0 Å². The Kier molecular flexibility index (Phi) is 9.58. The first-order chi connectivity index (χ1) is 14.1. The molecule has 0 amide bonds. The summed E-state index contributed by atoms with van der Waals surface area (Å²) in [6.45, 7) is 2.62. The number of hydrogen-bond acceptors (Lipinski definition) is 3. The van der Waals surface area contributed by atoms with Crippen LogP contribution in [0.15, 0.2) is 60.7 Å². The number of unbranched alkanes of at least 4 members (excludes halogenated alkanes) is 5. The van der Waals surface area contributed by atoms with Crippen LogP contribution in [-0.2, 0) is 15.1 Å². The number of ketones is 1. The number of benzene rings is 2. The van der Waals surface area contributed by atoms with Gasteiger partial charge >= 0.3 is 5.97 Å². The van der Waals surface area contributed by atoms with Crippen molar-refractivity contribution in [3.8, 4) is 0 Å². The zero-order valence-corrected chi connectivity index (χ0v) is 17.3. The van der Waals surface area contributed by atoms with Crippen LogP contribution < -0.4 is 0 Å². The zero-order chi connectivity index (χ0) is 21.0. The lowest BCUT2D eigenvalue weighted by Crippen LogP contribution is -2.40. The van der Waals surface area contributed by atoms with Crippen LogP contribution in [0, 0.1) is 0 Å². The smallest absolute Gasteiger partial charge is 0.303 e. The monoisotopic (exact) mass is 396 g/mol. The minimum atomic E-state index is -1.29. The summed E-state index contributed by atoms with van der Waals surface area (Å²) in [4.78, 5) is 24.9. The van der Waals surface area contributed by atoms with E-state index in [0.717, 1.165) is 19.3 Å². The maximum atomic E-state index is 13.6. The average Bonchev–Trinajstić information content (AvgIpc) is 2.76. The summed E-state index contributed by atoms with van der Waals surface area (Å²) in [6, 6.07) is 18.3. The molecule has 2 aromatic carbocycles. The first-order valence-electron chi connectivity index (χ1n) is 10.6. The molecule has 0 radical (unpaired) electrons. The third-order valence-corrected chi connectivity index (χ3v) is 5.18. The van der Waals surface area contributed by atoms with E-state index in [9.17, 15) is 14.7 Å². The lowest BCUT2D eigenvalue weighted by atomic mass is 9.82. The largest absolute Gasteiger partial charge is 0.481 e. The van der Waals surface area contributed by atoms with E-state index in [2.05, 4.69) is 6.92 Å². The van der Waals surface area contributed by atoms with E-state index in [0.29, 0.717) is 17.7 Å². The van der Waals surface area contributed by atoms with Crippen molar-refractivity contribution in [2.45, 2.75) is 63.9 Å². The second-order valence-corrected chi connectivity index (χ2v) is 7.40. The Labute approximate surface area is 173 Å². The summed E-state index contributed by atoms with van der Waals surface area (Å²) >= 11 is 0. The van der Waals surface area contributed by atoms with Crippen LogP contribution in [0.4, 0.5) is 0 Å². The van der Waals surface area contributed by atoms with E-state index in [1.165, 1.54) is 19.3 Å². The summed E-state index contributed by atoms with van der Waals surface area (Å²) < 4.78 is 6.28. The van der Waals surface area contributed by atoms with Gasteiger partial charge in [0.2, 0.25) is 0 Å². The highest BCUT2D eigenvalue weighted by atomic mass is 16.5. The van der Waals surface area contributed by atoms with Gasteiger partial charge in [0.15, 0.2) is 11.4 Å². The number of carbonyl (C=O) groups excluding carboxylic acids is 1. The van der Waals surface area contributed by atoms with E-state index in [4.69, 9.17) is 4.74 Å². The molecule has 0 heterocycles. The van der Waals surface area contributed by atoms with Gasteiger partial charge in [-0.1, -0.05) is 99.7 Å². The summed E-state index contributed by atoms with van der Waals surface area (Å²) in [7, 11) is 0. The topological polar surface area (TPSA) is 63.6 Å². The SMILES string of the molecule is CCCCCCCCOC(CCC(=O)O)(C(=O)c1ccccc1)c1ccccc1. The Balaban J connectivity index is 2.25. The van der Waals surface area contributed by atoms with Crippen LogP contribution >= 0.6 is 0 Å². The van der Waals surface area contributed by atoms with Gasteiger partial charge < -0.3 is 9.84 Å². The summed E-state index contributed by atoms with van der Waals surface area (Å²) in [6.07, 6.45) is 6.67. The van der Waals surface area contributed by atoms with Gasteiger partial charge in [-0.15, -0.1) is 0 Å². The van der Waals surface area contributed by atoms with Crippen LogP contribution in [0.25, 0.3) is 0 Å². The van der Waals surface area contributed by atoms with Gasteiger partial charge in [-0.3, -0.25) is 9.59 Å². The standard InChI is InChI=1S/C25H32O4/c1-2-3-4-5-6-13-20-29-25(19-18-23(26)27,22-16-11-8-12-17-22)24(28)21-14-9-7-10-15-21/h7-12,14-17H,2-6,13,18-20H2,1H3,(H,26,27). The number of carbonyl (C=O) groups is 2. The van der Waals surface area contributed by atoms with E-state index in [1.54, 1.807) is 12.1 Å². The molecular formula is C25H32O4. The molecule has 29 heavy (non-hydrogen) atoms. The van der Waals surface area contributed by atoms with Crippen LogP contribution in [0.1, 0.15) is 74.2 Å². The molecule has 156 valence electrons. The lowest BCUT2D eigenvalue weighted by molar-refractivity contribution is -0.138. The molecular weight excluding hydrogens is 364 g/mol. The Morgan fingerprint density at radius 3 is 2.07 bits per heavy atom. The molecule has 2 aromatic rings. The Morgan fingerprint density at radius 2 is 1.45 bits per heavy atom. The second kappa shape index (κ2) is 12.2. The minimum Gasteiger partial charge on any atom is -0.481 e. The van der Waals surface area contributed by atoms with Gasteiger partial charge in [0.1, 0.15) is 0 Å². The van der Waals surface area contributed by atoms with Crippen molar-refractivity contribution in [3.05, 3.63) is 71.8 Å². The van der Waals surface area contributed by atoms with Crippen LogP contribution in [0.5, 0.6) is 0 Å². The molecule has 0 fully saturated rings. The van der Waals surface area contributed by atoms with Crippen molar-refractivity contribution < 1.29 is 19.4 Å². The molecule has 4 nitrogen and oxygen atoms in total. The highest BCUT2D eigenvalue weighted by Gasteiger charge is 2.41. The third-order valence-electron chi connectivity index (χ3n) is 5.18. The molecule has 0 aliphatic rings. The molecule has 1 N–H and O–H groups in total. The van der Waals surface area contributed by atoms with Gasteiger partial charge in [0.05, 0.1) is 0 Å². The maximum absolute atomic E-state index is 13.6. The van der Waals surface area contributed by atoms with Gasteiger partial charge in [0.25, 0.3) is 0 Å². The Morgan fingerprint density at radius 1 is 0.862 bits per heavy atom. The summed E-state index contributed by atoms with van der Waals surface area (Å²) in [5.74, 6) is -1.12. The molecule has 1 atom stereocenters. The average molecular weight is 397 g/mol. The van der Waals surface area contributed by atoms with E-state index < -0.39 is 11.6 Å². The predicted molar refractivity (Wildman–Crippen MR) is 115 cm³/mol. The number of carboxylic acid groups (broad SMARTS) is 1. The fourth-order valence-electron chi connectivity index (χ4n) is 3.55. The van der Waals surface area contributed by atoms with Crippen LogP contribution in [0.3, 0.4) is 0 Å². The highest BCUT2D eigenvalue weighted by Crippen LogP contribution is 2.35. The summed E-state index contributed by atoms with van der Waals surface area (Å²) in [5, 5.41) is 9.30. The van der Waals surface area contributed by atoms with Crippen molar-refractivity contribution in [2.75, 3.05) is 6.61 Å². The number of ether oxygens (including phenoxy) is 1. The zero-order valence-electron chi connectivity index (χ0n) is 17.3. The van der Waals surface area contributed by atoms with E-state index >= 15 is 0 Å². The number of aliphatic carboxylic acids is 1. The van der Waals surface area contributed by atoms with Crippen molar-refractivity contribution in [1.82, 2.24) is 0 Å². The van der Waals surface area contributed by atoms with Crippen LogP contribution in [-0.4, -0.2) is 23.5 Å². The number of carboxylic acids is 1. The van der Waals surface area contributed by atoms with Crippen molar-refractivity contribution in [2.24, 2.45) is 0 Å². The number of rotatable bonds is 14. The Bertz CT molecular complexity index is 742. The number of hydrogen-bond donors (Lipinski definition) is 1. The molecule has 0 saturated heterocycles. The molecule has 1 unspecified atom stereocenters. The van der Waals surface area contributed by atoms with Gasteiger partial charge in [0, 0.05) is 18.6 Å². The van der Waals surface area contributed by atoms with Gasteiger partial charge in [-0.2, -0.15) is 0 Å². The normalized spacial score (nSPS) is 13.0. The first kappa shape index (κ1) is 22.8. The molecule has 0 bridgehead atoms. The number of Topliss-reactive ketones (excluding diaryl/α,β-unsaturated/α-hetero) is 1. The minimum absolute atomic E-state index is 0.107.